The summed E-state index contributed by atoms with van der Waals surface area (Å²) in [6, 6.07) is 8.35. The van der Waals surface area contributed by atoms with Gasteiger partial charge in [-0.3, -0.25) is 9.69 Å². The van der Waals surface area contributed by atoms with Gasteiger partial charge in [0.2, 0.25) is 11.9 Å². The zero-order valence-electron chi connectivity index (χ0n) is 19.7. The van der Waals surface area contributed by atoms with Crippen LogP contribution >= 0.6 is 0 Å². The van der Waals surface area contributed by atoms with Gasteiger partial charge in [-0.25, -0.2) is 19.0 Å². The van der Waals surface area contributed by atoms with Gasteiger partial charge in [-0.1, -0.05) is 0 Å². The molecule has 1 aromatic carbocycles. The van der Waals surface area contributed by atoms with Crippen LogP contribution in [0.5, 0.6) is 5.75 Å². The lowest BCUT2D eigenvalue weighted by molar-refractivity contribution is -0.133. The van der Waals surface area contributed by atoms with Crippen LogP contribution in [0.25, 0.3) is 5.69 Å². The first-order valence-electron chi connectivity index (χ1n) is 12.1. The van der Waals surface area contributed by atoms with Crippen molar-refractivity contribution < 1.29 is 13.9 Å². The van der Waals surface area contributed by atoms with Crippen molar-refractivity contribution in [1.82, 2.24) is 29.5 Å². The third kappa shape index (κ3) is 4.12. The van der Waals surface area contributed by atoms with Gasteiger partial charge in [0.05, 0.1) is 43.6 Å². The summed E-state index contributed by atoms with van der Waals surface area (Å²) in [5, 5.41) is 4.59. The van der Waals surface area contributed by atoms with E-state index in [0.717, 1.165) is 55.0 Å². The van der Waals surface area contributed by atoms with Crippen LogP contribution in [0.1, 0.15) is 24.1 Å². The number of amides is 1. The highest BCUT2D eigenvalue weighted by Gasteiger charge is 2.42. The molecule has 0 N–H and O–H groups in total. The van der Waals surface area contributed by atoms with E-state index in [1.54, 1.807) is 7.11 Å². The summed E-state index contributed by atoms with van der Waals surface area (Å²) >= 11 is 0. The number of anilines is 1. The molecule has 0 radical (unpaired) electrons. The van der Waals surface area contributed by atoms with Gasteiger partial charge in [0.25, 0.3) is 0 Å². The van der Waals surface area contributed by atoms with Crippen molar-refractivity contribution in [2.45, 2.75) is 37.9 Å². The van der Waals surface area contributed by atoms with Gasteiger partial charge in [-0.05, 0) is 37.1 Å². The Balaban J connectivity index is 1.09. The zero-order valence-corrected chi connectivity index (χ0v) is 19.7. The van der Waals surface area contributed by atoms with Crippen LogP contribution in [0.4, 0.5) is 10.3 Å². The molecule has 2 saturated heterocycles. The Morgan fingerprint density at radius 1 is 1.09 bits per heavy atom. The van der Waals surface area contributed by atoms with Crippen molar-refractivity contribution >= 4 is 11.9 Å². The molecule has 5 heterocycles. The van der Waals surface area contributed by atoms with Crippen LogP contribution < -0.4 is 9.64 Å². The minimum Gasteiger partial charge on any atom is -0.497 e. The van der Waals surface area contributed by atoms with Crippen molar-refractivity contribution in [1.29, 1.82) is 0 Å². The Kier molecular flexibility index (Phi) is 5.60. The standard InChI is InChI=1S/C25H28FN7O2/c1-35-22-6-4-19(5-7-22)33-23-8-9-31(13-17(23)10-29-33)24(34)16-30-14-20-2-3-21(15-30)32(20)25-27-11-18(26)12-28-25/h4-7,10-12,20-21H,2-3,8-9,13-16H2,1H3. The Morgan fingerprint density at radius 2 is 1.80 bits per heavy atom. The normalized spacial score (nSPS) is 21.8. The predicted octanol–water partition coefficient (Wildman–Crippen LogP) is 2.05. The number of rotatable bonds is 5. The fraction of sp³-hybridized carbons (Fsp3) is 0.440. The molecule has 2 bridgehead atoms. The Labute approximate surface area is 203 Å². The van der Waals surface area contributed by atoms with Crippen LogP contribution in [0.2, 0.25) is 0 Å². The molecule has 2 fully saturated rings. The second-order valence-electron chi connectivity index (χ2n) is 9.48. The average molecular weight is 478 g/mol. The van der Waals surface area contributed by atoms with E-state index in [0.29, 0.717) is 25.6 Å². The molecular formula is C25H28FN7O2. The van der Waals surface area contributed by atoms with E-state index in [4.69, 9.17) is 4.74 Å². The van der Waals surface area contributed by atoms with Gasteiger partial charge in [0.15, 0.2) is 5.82 Å². The van der Waals surface area contributed by atoms with Crippen molar-refractivity contribution in [3.8, 4) is 11.4 Å². The molecule has 2 aromatic heterocycles. The van der Waals surface area contributed by atoms with E-state index in [9.17, 15) is 9.18 Å². The number of ether oxygens (including phenoxy) is 1. The number of nitrogens with zero attached hydrogens (tertiary/aromatic N) is 7. The molecule has 6 rings (SSSR count). The maximum atomic E-state index is 13.3. The van der Waals surface area contributed by atoms with Crippen molar-refractivity contribution in [3.05, 3.63) is 59.9 Å². The highest BCUT2D eigenvalue weighted by Crippen LogP contribution is 2.33. The third-order valence-electron chi connectivity index (χ3n) is 7.36. The van der Waals surface area contributed by atoms with E-state index in [1.807, 2.05) is 40.0 Å². The minimum atomic E-state index is -0.426. The van der Waals surface area contributed by atoms with Gasteiger partial charge in [-0.2, -0.15) is 5.10 Å². The van der Waals surface area contributed by atoms with Gasteiger partial charge in [-0.15, -0.1) is 0 Å². The number of piperazine rings is 1. The number of carbonyl (C=O) groups excluding carboxylic acids is 1. The number of methoxy groups -OCH3 is 1. The number of hydrogen-bond donors (Lipinski definition) is 0. The maximum Gasteiger partial charge on any atom is 0.237 e. The molecular weight excluding hydrogens is 449 g/mol. The number of fused-ring (bicyclic) bond motifs is 3. The summed E-state index contributed by atoms with van der Waals surface area (Å²) in [7, 11) is 1.65. The second-order valence-corrected chi connectivity index (χ2v) is 9.48. The molecule has 10 heteroatoms. The molecule has 9 nitrogen and oxygen atoms in total. The van der Waals surface area contributed by atoms with Crippen LogP contribution in [0.3, 0.4) is 0 Å². The molecule has 2 atom stereocenters. The lowest BCUT2D eigenvalue weighted by Gasteiger charge is -2.41. The first kappa shape index (κ1) is 22.0. The van der Waals surface area contributed by atoms with Crippen LogP contribution in [-0.4, -0.2) is 80.8 Å². The number of benzene rings is 1. The SMILES string of the molecule is COc1ccc(-n2ncc3c2CCN(C(=O)CN2CC4CCC(C2)N4c2ncc(F)cn2)C3)cc1. The number of hydrogen-bond acceptors (Lipinski definition) is 7. The van der Waals surface area contributed by atoms with Crippen molar-refractivity contribution in [3.63, 3.8) is 0 Å². The molecule has 1 amide bonds. The summed E-state index contributed by atoms with van der Waals surface area (Å²) in [5.41, 5.74) is 3.24. The number of halogens is 1. The molecule has 182 valence electrons. The monoisotopic (exact) mass is 477 g/mol. The summed E-state index contributed by atoms with van der Waals surface area (Å²) in [6.07, 6.45) is 7.16. The number of likely N-dealkylation sites (tertiary alicyclic amines) is 1. The van der Waals surface area contributed by atoms with Gasteiger partial charge < -0.3 is 14.5 Å². The molecule has 0 spiro atoms. The molecule has 0 aliphatic carbocycles. The van der Waals surface area contributed by atoms with E-state index >= 15 is 0 Å². The highest BCUT2D eigenvalue weighted by atomic mass is 19.1. The number of aromatic nitrogens is 4. The third-order valence-corrected chi connectivity index (χ3v) is 7.36. The van der Waals surface area contributed by atoms with Gasteiger partial charge >= 0.3 is 0 Å². The highest BCUT2D eigenvalue weighted by molar-refractivity contribution is 5.78. The molecule has 2 unspecified atom stereocenters. The van der Waals surface area contributed by atoms with Crippen molar-refractivity contribution in [2.75, 3.05) is 38.2 Å². The van der Waals surface area contributed by atoms with E-state index in [2.05, 4.69) is 24.9 Å². The first-order valence-corrected chi connectivity index (χ1v) is 12.1. The first-order chi connectivity index (χ1) is 17.1. The topological polar surface area (TPSA) is 79.6 Å². The molecule has 3 aliphatic heterocycles. The second kappa shape index (κ2) is 8.92. The van der Waals surface area contributed by atoms with E-state index in [-0.39, 0.29) is 18.0 Å². The smallest absolute Gasteiger partial charge is 0.237 e. The largest absolute Gasteiger partial charge is 0.497 e. The molecule has 0 saturated carbocycles. The number of carbonyl (C=O) groups is 1. The van der Waals surface area contributed by atoms with Crippen LogP contribution in [0, 0.1) is 5.82 Å². The Bertz CT molecular complexity index is 1200. The van der Waals surface area contributed by atoms with E-state index < -0.39 is 5.82 Å². The van der Waals surface area contributed by atoms with Gasteiger partial charge in [0, 0.05) is 50.2 Å². The lowest BCUT2D eigenvalue weighted by Crippen LogP contribution is -2.56. The molecule has 3 aliphatic rings. The maximum absolute atomic E-state index is 13.3. The predicted molar refractivity (Wildman–Crippen MR) is 127 cm³/mol. The average Bonchev–Trinajstić information content (AvgIpc) is 3.42. The summed E-state index contributed by atoms with van der Waals surface area (Å²) in [4.78, 5) is 28.0. The summed E-state index contributed by atoms with van der Waals surface area (Å²) in [5.74, 6) is 1.12. The quantitative estimate of drug-likeness (QED) is 0.557. The van der Waals surface area contributed by atoms with Crippen LogP contribution in [0.15, 0.2) is 42.9 Å². The lowest BCUT2D eigenvalue weighted by atomic mass is 10.1. The molecule has 35 heavy (non-hydrogen) atoms. The fourth-order valence-electron chi connectivity index (χ4n) is 5.67. The molecule has 3 aromatic rings. The Hall–Kier alpha value is -3.53. The van der Waals surface area contributed by atoms with Gasteiger partial charge in [0.1, 0.15) is 5.75 Å². The summed E-state index contributed by atoms with van der Waals surface area (Å²) in [6.45, 7) is 3.26. The Morgan fingerprint density at radius 3 is 2.49 bits per heavy atom. The van der Waals surface area contributed by atoms with Crippen molar-refractivity contribution in [2.24, 2.45) is 0 Å². The zero-order chi connectivity index (χ0) is 23.9. The van der Waals surface area contributed by atoms with Crippen LogP contribution in [-0.2, 0) is 17.8 Å². The minimum absolute atomic E-state index is 0.152. The summed E-state index contributed by atoms with van der Waals surface area (Å²) < 4.78 is 20.5. The fourth-order valence-corrected chi connectivity index (χ4v) is 5.67. The van der Waals surface area contributed by atoms with E-state index in [1.165, 1.54) is 12.4 Å².